The van der Waals surface area contributed by atoms with E-state index < -0.39 is 0 Å². The van der Waals surface area contributed by atoms with Gasteiger partial charge < -0.3 is 14.4 Å². The van der Waals surface area contributed by atoms with Gasteiger partial charge in [0.1, 0.15) is 12.1 Å². The van der Waals surface area contributed by atoms with Gasteiger partial charge in [0, 0.05) is 32.2 Å². The minimum Gasteiger partial charge on any atom is -0.454 e. The van der Waals surface area contributed by atoms with Crippen LogP contribution in [0.1, 0.15) is 15.9 Å². The van der Waals surface area contributed by atoms with Crippen molar-refractivity contribution >= 4 is 5.91 Å². The first-order valence-corrected chi connectivity index (χ1v) is 7.79. The molecule has 1 aromatic carbocycles. The Balaban J connectivity index is 1.46. The number of carbonyl (C=O) groups excluding carboxylic acids is 1. The number of nitrogens with zero attached hydrogens (tertiary/aromatic N) is 4. The Kier molecular flexibility index (Phi) is 3.81. The quantitative estimate of drug-likeness (QED) is 0.731. The lowest BCUT2D eigenvalue weighted by Crippen LogP contribution is -2.26. The van der Waals surface area contributed by atoms with Crippen molar-refractivity contribution in [3.05, 3.63) is 66.4 Å². The summed E-state index contributed by atoms with van der Waals surface area (Å²) in [6, 6.07) is 9.24. The number of hydrogen-bond acceptors (Lipinski definition) is 5. The van der Waals surface area contributed by atoms with Crippen molar-refractivity contribution in [2.45, 2.75) is 6.54 Å². The fourth-order valence-corrected chi connectivity index (χ4v) is 2.67. The van der Waals surface area contributed by atoms with Gasteiger partial charge in [0.15, 0.2) is 11.5 Å². The molecule has 25 heavy (non-hydrogen) atoms. The number of fused-ring (bicyclic) bond motifs is 1. The highest BCUT2D eigenvalue weighted by atomic mass is 16.7. The molecule has 1 aliphatic heterocycles. The smallest absolute Gasteiger partial charge is 0.255 e. The van der Waals surface area contributed by atoms with Crippen molar-refractivity contribution in [1.82, 2.24) is 19.4 Å². The standard InChI is InChI=1S/C18H16N4O3/c1-21(10-13-2-4-15-16(8-13)25-12-24-15)18(23)14-3-5-17(20-9-14)22-7-6-19-11-22/h2-9,11H,10,12H2,1H3. The largest absolute Gasteiger partial charge is 0.454 e. The molecule has 0 bridgehead atoms. The molecule has 0 atom stereocenters. The molecule has 126 valence electrons. The van der Waals surface area contributed by atoms with Crippen molar-refractivity contribution < 1.29 is 14.3 Å². The number of benzene rings is 1. The van der Waals surface area contributed by atoms with Crippen molar-refractivity contribution in [1.29, 1.82) is 0 Å². The first-order valence-electron chi connectivity index (χ1n) is 7.79. The Bertz CT molecular complexity index is 891. The maximum atomic E-state index is 12.6. The summed E-state index contributed by atoms with van der Waals surface area (Å²) < 4.78 is 12.5. The number of aromatic nitrogens is 3. The first kappa shape index (κ1) is 15.2. The van der Waals surface area contributed by atoms with Gasteiger partial charge in [0.2, 0.25) is 6.79 Å². The highest BCUT2D eigenvalue weighted by molar-refractivity contribution is 5.93. The van der Waals surface area contributed by atoms with Gasteiger partial charge in [0.25, 0.3) is 5.91 Å². The van der Waals surface area contributed by atoms with Crippen LogP contribution in [0.3, 0.4) is 0 Å². The zero-order valence-electron chi connectivity index (χ0n) is 13.6. The van der Waals surface area contributed by atoms with Gasteiger partial charge in [0.05, 0.1) is 5.56 Å². The van der Waals surface area contributed by atoms with Crippen LogP contribution in [0.5, 0.6) is 11.5 Å². The molecule has 4 rings (SSSR count). The molecule has 0 N–H and O–H groups in total. The van der Waals surface area contributed by atoms with E-state index in [9.17, 15) is 4.79 Å². The summed E-state index contributed by atoms with van der Waals surface area (Å²) in [4.78, 5) is 22.5. The van der Waals surface area contributed by atoms with E-state index in [1.54, 1.807) is 53.6 Å². The van der Waals surface area contributed by atoms with Crippen molar-refractivity contribution in [2.75, 3.05) is 13.8 Å². The van der Waals surface area contributed by atoms with Gasteiger partial charge in [-0.2, -0.15) is 0 Å². The molecule has 3 heterocycles. The Morgan fingerprint density at radius 2 is 2.12 bits per heavy atom. The molecule has 0 radical (unpaired) electrons. The van der Waals surface area contributed by atoms with Crippen LogP contribution in [-0.2, 0) is 6.54 Å². The minimum absolute atomic E-state index is 0.0950. The molecule has 0 fully saturated rings. The van der Waals surface area contributed by atoms with Gasteiger partial charge in [-0.1, -0.05) is 6.07 Å². The van der Waals surface area contributed by atoms with E-state index in [-0.39, 0.29) is 12.7 Å². The number of ether oxygens (including phenoxy) is 2. The number of carbonyl (C=O) groups is 1. The maximum absolute atomic E-state index is 12.6. The molecule has 3 aromatic rings. The summed E-state index contributed by atoms with van der Waals surface area (Å²) in [7, 11) is 1.76. The molecule has 0 aliphatic carbocycles. The van der Waals surface area contributed by atoms with Gasteiger partial charge in [-0.3, -0.25) is 9.36 Å². The minimum atomic E-state index is -0.0950. The number of hydrogen-bond donors (Lipinski definition) is 0. The second-order valence-electron chi connectivity index (χ2n) is 5.72. The van der Waals surface area contributed by atoms with Crippen LogP contribution in [0.25, 0.3) is 5.82 Å². The Morgan fingerprint density at radius 3 is 2.88 bits per heavy atom. The predicted molar refractivity (Wildman–Crippen MR) is 89.7 cm³/mol. The third kappa shape index (κ3) is 3.03. The SMILES string of the molecule is CN(Cc1ccc2c(c1)OCO2)C(=O)c1ccc(-n2ccnc2)nc1. The number of rotatable bonds is 4. The fourth-order valence-electron chi connectivity index (χ4n) is 2.67. The fraction of sp³-hybridized carbons (Fsp3) is 0.167. The topological polar surface area (TPSA) is 69.5 Å². The summed E-state index contributed by atoms with van der Waals surface area (Å²) >= 11 is 0. The van der Waals surface area contributed by atoms with E-state index in [0.29, 0.717) is 23.7 Å². The summed E-state index contributed by atoms with van der Waals surface area (Å²) in [5, 5.41) is 0. The molecule has 1 aliphatic rings. The molecular formula is C18H16N4O3. The molecule has 1 amide bonds. The van der Waals surface area contributed by atoms with Gasteiger partial charge in [-0.05, 0) is 29.8 Å². The van der Waals surface area contributed by atoms with Gasteiger partial charge >= 0.3 is 0 Å². The van der Waals surface area contributed by atoms with Gasteiger partial charge in [-0.15, -0.1) is 0 Å². The Morgan fingerprint density at radius 1 is 1.24 bits per heavy atom. The second kappa shape index (κ2) is 6.27. The number of pyridine rings is 1. The monoisotopic (exact) mass is 336 g/mol. The zero-order chi connectivity index (χ0) is 17.2. The van der Waals surface area contributed by atoms with E-state index >= 15 is 0 Å². The maximum Gasteiger partial charge on any atom is 0.255 e. The molecule has 0 saturated carbocycles. The van der Waals surface area contributed by atoms with Crippen LogP contribution < -0.4 is 9.47 Å². The normalized spacial score (nSPS) is 12.2. The summed E-state index contributed by atoms with van der Waals surface area (Å²) in [6.45, 7) is 0.710. The Labute approximate surface area is 144 Å². The lowest BCUT2D eigenvalue weighted by Gasteiger charge is -2.17. The molecule has 7 heteroatoms. The predicted octanol–water partition coefficient (Wildman–Crippen LogP) is 2.27. The average molecular weight is 336 g/mol. The number of imidazole rings is 1. The van der Waals surface area contributed by atoms with Gasteiger partial charge in [-0.25, -0.2) is 9.97 Å². The van der Waals surface area contributed by atoms with Crippen LogP contribution in [0.2, 0.25) is 0 Å². The highest BCUT2D eigenvalue weighted by Crippen LogP contribution is 2.32. The Hall–Kier alpha value is -3.35. The molecule has 2 aromatic heterocycles. The van der Waals surface area contributed by atoms with E-state index in [1.807, 2.05) is 18.2 Å². The van der Waals surface area contributed by atoms with E-state index in [1.165, 1.54) is 0 Å². The third-order valence-corrected chi connectivity index (χ3v) is 3.97. The van der Waals surface area contributed by atoms with Crippen LogP contribution >= 0.6 is 0 Å². The van der Waals surface area contributed by atoms with E-state index in [0.717, 1.165) is 11.3 Å². The van der Waals surface area contributed by atoms with Crippen molar-refractivity contribution in [2.24, 2.45) is 0 Å². The van der Waals surface area contributed by atoms with Crippen LogP contribution in [0, 0.1) is 0 Å². The van der Waals surface area contributed by atoms with Crippen molar-refractivity contribution in [3.8, 4) is 17.3 Å². The molecule has 0 spiro atoms. The first-order chi connectivity index (χ1) is 12.2. The summed E-state index contributed by atoms with van der Waals surface area (Å²) in [6.07, 6.45) is 6.72. The highest BCUT2D eigenvalue weighted by Gasteiger charge is 2.16. The molecule has 0 saturated heterocycles. The summed E-state index contributed by atoms with van der Waals surface area (Å²) in [5.74, 6) is 2.07. The van der Waals surface area contributed by atoms with Crippen molar-refractivity contribution in [3.63, 3.8) is 0 Å². The van der Waals surface area contributed by atoms with E-state index in [4.69, 9.17) is 9.47 Å². The lowest BCUT2D eigenvalue weighted by molar-refractivity contribution is 0.0784. The van der Waals surface area contributed by atoms with Crippen LogP contribution in [0.4, 0.5) is 0 Å². The molecular weight excluding hydrogens is 320 g/mol. The summed E-state index contributed by atoms with van der Waals surface area (Å²) in [5.41, 5.74) is 1.51. The zero-order valence-corrected chi connectivity index (χ0v) is 13.6. The van der Waals surface area contributed by atoms with E-state index in [2.05, 4.69) is 9.97 Å². The third-order valence-electron chi connectivity index (χ3n) is 3.97. The lowest BCUT2D eigenvalue weighted by atomic mass is 10.1. The average Bonchev–Trinajstić information content (AvgIpc) is 3.32. The second-order valence-corrected chi connectivity index (χ2v) is 5.72. The molecule has 0 unspecified atom stereocenters. The number of amides is 1. The molecule has 7 nitrogen and oxygen atoms in total. The van der Waals surface area contributed by atoms with Crippen LogP contribution in [0.15, 0.2) is 55.2 Å². The van der Waals surface area contributed by atoms with Crippen LogP contribution in [-0.4, -0.2) is 39.2 Å².